The summed E-state index contributed by atoms with van der Waals surface area (Å²) in [5.41, 5.74) is 0. The zero-order valence-electron chi connectivity index (χ0n) is 12.8. The van der Waals surface area contributed by atoms with Crippen LogP contribution in [0.15, 0.2) is 0 Å². The monoisotopic (exact) mass is 361 g/mol. The van der Waals surface area contributed by atoms with Crippen molar-refractivity contribution in [3.8, 4) is 0 Å². The third-order valence-electron chi connectivity index (χ3n) is 1.85. The maximum absolute atomic E-state index is 10.4. The van der Waals surface area contributed by atoms with Gasteiger partial charge in [0.25, 0.3) is 0 Å². The van der Waals surface area contributed by atoms with Crippen LogP contribution in [0.1, 0.15) is 60.8 Å². The Bertz CT molecular complexity index is 199. The van der Waals surface area contributed by atoms with Gasteiger partial charge in [-0.1, -0.05) is 21.3 Å². The Morgan fingerprint density at radius 1 is 1.38 bits per heavy atom. The zero-order valence-corrected chi connectivity index (χ0v) is 15.4. The van der Waals surface area contributed by atoms with Crippen LogP contribution in [0.3, 0.4) is 0 Å². The first-order valence-corrected chi connectivity index (χ1v) is 6.76. The van der Waals surface area contributed by atoms with Crippen molar-refractivity contribution >= 4 is 28.9 Å². The fourth-order valence-corrected chi connectivity index (χ4v) is 0.999. The minimum Gasteiger partial charge on any atom is -0.463 e. The number of unbranched alkanes of at least 4 members (excludes halogenated alkanes) is 1. The molecule has 0 bridgehead atoms. The van der Waals surface area contributed by atoms with Gasteiger partial charge in [-0.2, -0.15) is 9.12 Å². The Morgan fingerprint density at radius 2 is 1.81 bits per heavy atom. The number of aliphatic hydroxyl groups is 1. The number of carbonyl (C=O) groups excluding carboxylic acids is 2. The maximum atomic E-state index is 10.4. The fraction of sp³-hybridized carbons (Fsp3) is 0.846. The van der Waals surface area contributed by atoms with Crippen LogP contribution in [0.5, 0.6) is 0 Å². The summed E-state index contributed by atoms with van der Waals surface area (Å²) in [4.78, 5) is 19.8. The van der Waals surface area contributed by atoms with Gasteiger partial charge in [-0.15, -0.1) is 0 Å². The van der Waals surface area contributed by atoms with Gasteiger partial charge in [0.2, 0.25) is 0 Å². The van der Waals surface area contributed by atoms with Gasteiger partial charge < -0.3 is 20.1 Å². The van der Waals surface area contributed by atoms with Gasteiger partial charge in [0, 0.05) is 38.3 Å². The standard InChI is InChI=1S/C8H16O3.C4H8O.CH4.BH2P.H2O.V/c1-4-8(10)5-6(2)11-7(3)9;1-2-3-4-5;;1-2;;/h6,8,10H,4-5H2,1-3H3;4H,2-3H2,1H3;1H4;2H2;1H2;. The van der Waals surface area contributed by atoms with Gasteiger partial charge in [-0.3, -0.25) is 4.79 Å². The zero-order chi connectivity index (χ0) is 15.0. The normalized spacial score (nSPS) is 10.2. The third kappa shape index (κ3) is 45.0. The first-order valence-electron chi connectivity index (χ1n) is 6.10. The van der Waals surface area contributed by atoms with Crippen molar-refractivity contribution in [2.45, 2.75) is 73.0 Å². The number of esters is 1. The number of aliphatic hydroxyl groups excluding tert-OH is 1. The Kier molecular flexibility index (Phi) is 57.3. The van der Waals surface area contributed by atoms with Crippen LogP contribution in [0.4, 0.5) is 0 Å². The van der Waals surface area contributed by atoms with E-state index in [0.717, 1.165) is 12.7 Å². The summed E-state index contributed by atoms with van der Waals surface area (Å²) < 4.78 is 4.82. The molecule has 0 rings (SSSR count). The summed E-state index contributed by atoms with van der Waals surface area (Å²) >= 11 is 0. The number of rotatable bonds is 6. The summed E-state index contributed by atoms with van der Waals surface area (Å²) in [6.07, 6.45) is 3.30. The van der Waals surface area contributed by atoms with E-state index in [0.29, 0.717) is 19.3 Å². The van der Waals surface area contributed by atoms with Crippen molar-refractivity contribution in [1.29, 1.82) is 0 Å². The van der Waals surface area contributed by atoms with E-state index in [1.54, 1.807) is 6.92 Å². The second-order valence-electron chi connectivity index (χ2n) is 3.67. The molecule has 0 aromatic heterocycles. The van der Waals surface area contributed by atoms with Gasteiger partial charge in [-0.25, -0.2) is 0 Å². The number of ether oxygens (including phenoxy) is 1. The molecule has 0 aliphatic heterocycles. The van der Waals surface area contributed by atoms with Crippen LogP contribution in [0, 0.1) is 0 Å². The van der Waals surface area contributed by atoms with E-state index in [1.165, 1.54) is 6.92 Å². The van der Waals surface area contributed by atoms with E-state index in [4.69, 9.17) is 9.84 Å². The molecule has 8 heteroatoms. The number of carbonyl (C=O) groups is 2. The van der Waals surface area contributed by atoms with E-state index >= 15 is 0 Å². The van der Waals surface area contributed by atoms with Gasteiger partial charge in [0.05, 0.1) is 13.7 Å². The van der Waals surface area contributed by atoms with Crippen molar-refractivity contribution in [1.82, 2.24) is 0 Å². The summed E-state index contributed by atoms with van der Waals surface area (Å²) in [7, 11) is 6.33. The van der Waals surface area contributed by atoms with Gasteiger partial charge in [0.1, 0.15) is 12.4 Å². The van der Waals surface area contributed by atoms with E-state index < -0.39 is 0 Å². The van der Waals surface area contributed by atoms with Crippen molar-refractivity contribution in [3.63, 3.8) is 0 Å². The van der Waals surface area contributed by atoms with E-state index in [1.807, 2.05) is 23.0 Å². The van der Waals surface area contributed by atoms with Gasteiger partial charge >= 0.3 is 5.97 Å². The molecule has 3 atom stereocenters. The molecule has 0 amide bonds. The van der Waals surface area contributed by atoms with Gasteiger partial charge in [-0.05, 0) is 19.8 Å². The van der Waals surface area contributed by atoms with E-state index in [9.17, 15) is 9.59 Å². The molecule has 0 heterocycles. The van der Waals surface area contributed by atoms with Crippen LogP contribution in [-0.2, 0) is 32.9 Å². The largest absolute Gasteiger partial charge is 0.463 e. The van der Waals surface area contributed by atoms with Crippen molar-refractivity contribution in [3.05, 3.63) is 0 Å². The molecule has 0 saturated carbocycles. The van der Waals surface area contributed by atoms with Crippen LogP contribution >= 0.6 is 9.12 Å². The second-order valence-corrected chi connectivity index (χ2v) is 3.67. The predicted molar refractivity (Wildman–Crippen MR) is 88.9 cm³/mol. The summed E-state index contributed by atoms with van der Waals surface area (Å²) in [5, 5.41) is 9.15. The smallest absolute Gasteiger partial charge is 0.302 e. The molecule has 3 N–H and O–H groups in total. The number of hydrogen-bond acceptors (Lipinski definition) is 4. The molecule has 0 aromatic rings. The van der Waals surface area contributed by atoms with Crippen molar-refractivity contribution in [2.75, 3.05) is 0 Å². The van der Waals surface area contributed by atoms with E-state index in [2.05, 4.69) is 7.57 Å². The van der Waals surface area contributed by atoms with Crippen LogP contribution in [0.25, 0.3) is 0 Å². The molecule has 0 spiro atoms. The minimum absolute atomic E-state index is 0. The minimum atomic E-state index is -0.357. The number of hydrogen-bond donors (Lipinski definition) is 1. The van der Waals surface area contributed by atoms with Crippen molar-refractivity contribution in [2.24, 2.45) is 0 Å². The van der Waals surface area contributed by atoms with E-state index in [-0.39, 0.29) is 49.6 Å². The second kappa shape index (κ2) is 32.2. The average Bonchev–Trinajstić information content (AvgIpc) is 2.32. The third-order valence-corrected chi connectivity index (χ3v) is 1.85. The quantitative estimate of drug-likeness (QED) is 0.338. The number of aldehydes is 1. The molecular formula is C13H32BO5PV. The Hall–Kier alpha value is 0.139. The fourth-order valence-electron chi connectivity index (χ4n) is 0.999. The molecule has 5 nitrogen and oxygen atoms in total. The SMILES string of the molecule is C.CCC(O)CC(C)OC(C)=O.CCCC=O.O.[B]P.[V]. The van der Waals surface area contributed by atoms with Crippen LogP contribution in [-0.4, -0.2) is 42.6 Å². The predicted octanol–water partition coefficient (Wildman–Crippen LogP) is 1.84. The van der Waals surface area contributed by atoms with Gasteiger partial charge in [0.15, 0.2) is 0 Å². The summed E-state index contributed by atoms with van der Waals surface area (Å²) in [5.74, 6) is -0.291. The van der Waals surface area contributed by atoms with Crippen LogP contribution in [0.2, 0.25) is 0 Å². The topological polar surface area (TPSA) is 95.1 Å². The molecule has 127 valence electrons. The molecule has 0 aliphatic carbocycles. The Morgan fingerprint density at radius 3 is 2.00 bits per heavy atom. The Balaban J connectivity index is -0.0000000488. The molecule has 0 fully saturated rings. The molecule has 0 aromatic carbocycles. The first kappa shape index (κ1) is 37.4. The Labute approximate surface area is 145 Å². The summed E-state index contributed by atoms with van der Waals surface area (Å²) in [6.45, 7) is 7.02. The molecule has 3 unspecified atom stereocenters. The first-order chi connectivity index (χ1) is 8.47. The molecule has 0 saturated heterocycles. The molecule has 21 heavy (non-hydrogen) atoms. The average molecular weight is 361 g/mol. The summed E-state index contributed by atoms with van der Waals surface area (Å²) in [6, 6.07) is 0. The van der Waals surface area contributed by atoms with Crippen LogP contribution < -0.4 is 0 Å². The molecule has 3 radical (unpaired) electrons. The molecule has 0 aliphatic rings. The molecular weight excluding hydrogens is 329 g/mol. The maximum Gasteiger partial charge on any atom is 0.302 e. The van der Waals surface area contributed by atoms with Crippen molar-refractivity contribution < 1.29 is 43.5 Å².